The summed E-state index contributed by atoms with van der Waals surface area (Å²) in [5.41, 5.74) is -4.95. The van der Waals surface area contributed by atoms with Crippen LogP contribution >= 0.6 is 0 Å². The van der Waals surface area contributed by atoms with Crippen LogP contribution in [0.3, 0.4) is 0 Å². The second-order valence-electron chi connectivity index (χ2n) is 6.43. The van der Waals surface area contributed by atoms with Crippen LogP contribution in [0.2, 0.25) is 0 Å². The van der Waals surface area contributed by atoms with Gasteiger partial charge in [-0.2, -0.15) is 13.2 Å². The van der Waals surface area contributed by atoms with Crippen molar-refractivity contribution in [3.63, 3.8) is 0 Å². The zero-order valence-electron chi connectivity index (χ0n) is 15.5. The van der Waals surface area contributed by atoms with Crippen LogP contribution in [0.5, 0.6) is 5.75 Å². The fraction of sp³-hybridized carbons (Fsp3) is 0.316. The SMILES string of the molecule is COc1cccc(C(=O)N2CCN(c3ccccc3S(=O)(=O)C(F)(F)F)CC2)c1. The maximum absolute atomic E-state index is 13.0. The van der Waals surface area contributed by atoms with E-state index in [0.717, 1.165) is 6.07 Å². The smallest absolute Gasteiger partial charge is 0.497 e. The molecule has 10 heteroatoms. The number of halogens is 3. The number of anilines is 1. The molecule has 156 valence electrons. The molecule has 0 N–H and O–H groups in total. The topological polar surface area (TPSA) is 66.9 Å². The van der Waals surface area contributed by atoms with E-state index in [1.807, 2.05) is 0 Å². The number of alkyl halides is 3. The highest BCUT2D eigenvalue weighted by Gasteiger charge is 2.48. The van der Waals surface area contributed by atoms with E-state index >= 15 is 0 Å². The van der Waals surface area contributed by atoms with Gasteiger partial charge >= 0.3 is 5.51 Å². The van der Waals surface area contributed by atoms with Gasteiger partial charge in [-0.1, -0.05) is 18.2 Å². The average Bonchev–Trinajstić information content (AvgIpc) is 2.72. The molecule has 1 saturated heterocycles. The van der Waals surface area contributed by atoms with E-state index in [2.05, 4.69) is 0 Å². The third-order valence-electron chi connectivity index (χ3n) is 4.68. The van der Waals surface area contributed by atoms with Gasteiger partial charge in [0.1, 0.15) is 5.75 Å². The quantitative estimate of drug-likeness (QED) is 0.749. The predicted octanol–water partition coefficient (Wildman–Crippen LogP) is 2.95. The molecule has 6 nitrogen and oxygen atoms in total. The molecule has 0 spiro atoms. The van der Waals surface area contributed by atoms with E-state index in [9.17, 15) is 26.4 Å². The number of amides is 1. The molecule has 1 aliphatic rings. The van der Waals surface area contributed by atoms with Crippen molar-refractivity contribution in [3.8, 4) is 5.75 Å². The van der Waals surface area contributed by atoms with Gasteiger partial charge in [-0.15, -0.1) is 0 Å². The standard InChI is InChI=1S/C19H19F3N2O4S/c1-28-15-6-4-5-14(13-15)18(25)24-11-9-23(10-12-24)16-7-2-3-8-17(16)29(26,27)19(20,21)22/h2-8,13H,9-12H2,1H3. The molecule has 0 unspecified atom stereocenters. The Morgan fingerprint density at radius 1 is 1.00 bits per heavy atom. The molecule has 29 heavy (non-hydrogen) atoms. The van der Waals surface area contributed by atoms with Gasteiger partial charge < -0.3 is 14.5 Å². The van der Waals surface area contributed by atoms with Gasteiger partial charge in [0.05, 0.1) is 17.7 Å². The molecule has 0 aliphatic carbocycles. The zero-order valence-corrected chi connectivity index (χ0v) is 16.3. The van der Waals surface area contributed by atoms with Gasteiger partial charge in [-0.05, 0) is 30.3 Å². The molecule has 0 aromatic heterocycles. The van der Waals surface area contributed by atoms with Crippen LogP contribution < -0.4 is 9.64 Å². The van der Waals surface area contributed by atoms with Crippen molar-refractivity contribution in [1.82, 2.24) is 4.90 Å². The number of ether oxygens (including phenoxy) is 1. The summed E-state index contributed by atoms with van der Waals surface area (Å²) >= 11 is 0. The minimum atomic E-state index is -5.47. The fourth-order valence-corrected chi connectivity index (χ4v) is 4.14. The number of methoxy groups -OCH3 is 1. The number of para-hydroxylation sites is 1. The lowest BCUT2D eigenvalue weighted by molar-refractivity contribution is -0.0435. The Balaban J connectivity index is 1.77. The lowest BCUT2D eigenvalue weighted by atomic mass is 10.1. The first-order valence-electron chi connectivity index (χ1n) is 8.74. The summed E-state index contributed by atoms with van der Waals surface area (Å²) in [6.45, 7) is 0.910. The maximum Gasteiger partial charge on any atom is 0.501 e. The molecule has 3 rings (SSSR count). The molecule has 2 aromatic rings. The number of carbonyl (C=O) groups is 1. The van der Waals surface area contributed by atoms with E-state index < -0.39 is 20.2 Å². The average molecular weight is 428 g/mol. The van der Waals surface area contributed by atoms with Crippen molar-refractivity contribution < 1.29 is 31.1 Å². The highest BCUT2D eigenvalue weighted by atomic mass is 32.2. The summed E-state index contributed by atoms with van der Waals surface area (Å²) < 4.78 is 68.0. The van der Waals surface area contributed by atoms with Crippen LogP contribution in [-0.4, -0.2) is 58.0 Å². The van der Waals surface area contributed by atoms with Crippen molar-refractivity contribution in [2.75, 3.05) is 38.2 Å². The van der Waals surface area contributed by atoms with Crippen LogP contribution in [-0.2, 0) is 9.84 Å². The Kier molecular flexibility index (Phi) is 5.74. The number of rotatable bonds is 4. The molecule has 1 aliphatic heterocycles. The number of piperazine rings is 1. The minimum absolute atomic E-state index is 0.0155. The van der Waals surface area contributed by atoms with Crippen molar-refractivity contribution in [1.29, 1.82) is 0 Å². The summed E-state index contributed by atoms with van der Waals surface area (Å²) in [6.07, 6.45) is 0. The number of sulfone groups is 1. The predicted molar refractivity (Wildman–Crippen MR) is 101 cm³/mol. The summed E-state index contributed by atoms with van der Waals surface area (Å²) in [7, 11) is -3.98. The van der Waals surface area contributed by atoms with Crippen molar-refractivity contribution in [2.24, 2.45) is 0 Å². The van der Waals surface area contributed by atoms with Gasteiger partial charge in [-0.25, -0.2) is 8.42 Å². The van der Waals surface area contributed by atoms with Crippen molar-refractivity contribution in [2.45, 2.75) is 10.4 Å². The molecule has 2 aromatic carbocycles. The van der Waals surface area contributed by atoms with Crippen LogP contribution in [0.1, 0.15) is 10.4 Å². The molecule has 1 fully saturated rings. The number of carbonyl (C=O) groups excluding carboxylic acids is 1. The number of nitrogens with zero attached hydrogens (tertiary/aromatic N) is 2. The summed E-state index contributed by atoms with van der Waals surface area (Å²) in [5.74, 6) is 0.320. The van der Waals surface area contributed by atoms with E-state index in [-0.39, 0.29) is 37.8 Å². The monoisotopic (exact) mass is 428 g/mol. The molecule has 1 amide bonds. The van der Waals surface area contributed by atoms with Crippen LogP contribution in [0.25, 0.3) is 0 Å². The van der Waals surface area contributed by atoms with E-state index in [1.54, 1.807) is 34.1 Å². The second-order valence-corrected chi connectivity index (χ2v) is 8.34. The first kappa shape index (κ1) is 21.0. The molecule has 0 radical (unpaired) electrons. The molecular formula is C19H19F3N2O4S. The van der Waals surface area contributed by atoms with Crippen LogP contribution in [0, 0.1) is 0 Å². The Labute approximate surface area is 166 Å². The Morgan fingerprint density at radius 2 is 1.66 bits per heavy atom. The van der Waals surface area contributed by atoms with Gasteiger partial charge in [0.2, 0.25) is 0 Å². The van der Waals surface area contributed by atoms with Gasteiger partial charge in [0, 0.05) is 31.7 Å². The molecule has 1 heterocycles. The third-order valence-corrected chi connectivity index (χ3v) is 6.22. The minimum Gasteiger partial charge on any atom is -0.497 e. The van der Waals surface area contributed by atoms with E-state index in [0.29, 0.717) is 11.3 Å². The van der Waals surface area contributed by atoms with Gasteiger partial charge in [0.25, 0.3) is 15.7 Å². The molecule has 0 saturated carbocycles. The van der Waals surface area contributed by atoms with Gasteiger partial charge in [-0.3, -0.25) is 4.79 Å². The highest BCUT2D eigenvalue weighted by Crippen LogP contribution is 2.36. The first-order valence-corrected chi connectivity index (χ1v) is 10.2. The molecule has 0 bridgehead atoms. The van der Waals surface area contributed by atoms with E-state index in [1.165, 1.54) is 25.3 Å². The number of hydrogen-bond acceptors (Lipinski definition) is 5. The third kappa shape index (κ3) is 4.16. The molecule has 0 atom stereocenters. The molecular weight excluding hydrogens is 409 g/mol. The van der Waals surface area contributed by atoms with E-state index in [4.69, 9.17) is 4.74 Å². The number of hydrogen-bond donors (Lipinski definition) is 0. The number of benzene rings is 2. The maximum atomic E-state index is 13.0. The Morgan fingerprint density at radius 3 is 2.28 bits per heavy atom. The highest BCUT2D eigenvalue weighted by molar-refractivity contribution is 7.92. The largest absolute Gasteiger partial charge is 0.501 e. The van der Waals surface area contributed by atoms with Crippen LogP contribution in [0.15, 0.2) is 53.4 Å². The van der Waals surface area contributed by atoms with Crippen molar-refractivity contribution >= 4 is 21.4 Å². The lowest BCUT2D eigenvalue weighted by Gasteiger charge is -2.37. The lowest BCUT2D eigenvalue weighted by Crippen LogP contribution is -2.49. The Bertz CT molecular complexity index is 1000. The summed E-state index contributed by atoms with van der Waals surface area (Å²) in [6, 6.07) is 11.7. The normalized spacial score (nSPS) is 15.3. The van der Waals surface area contributed by atoms with Gasteiger partial charge in [0.15, 0.2) is 0 Å². The summed E-state index contributed by atoms with van der Waals surface area (Å²) in [5, 5.41) is 0. The fourth-order valence-electron chi connectivity index (χ4n) is 3.16. The summed E-state index contributed by atoms with van der Waals surface area (Å²) in [4.78, 5) is 15.0. The first-order chi connectivity index (χ1) is 13.6. The second kappa shape index (κ2) is 7.94. The zero-order chi connectivity index (χ0) is 21.2. The van der Waals surface area contributed by atoms with Crippen LogP contribution in [0.4, 0.5) is 18.9 Å². The Hall–Kier alpha value is -2.75. The van der Waals surface area contributed by atoms with Crippen molar-refractivity contribution in [3.05, 3.63) is 54.1 Å².